The molecule has 2 fully saturated rings. The normalized spacial score (nSPS) is 21.1. The van der Waals surface area contributed by atoms with Crippen molar-refractivity contribution in [2.24, 2.45) is 0 Å². The largest absolute Gasteiger partial charge is 0.369 e. The molecule has 6 heteroatoms. The summed E-state index contributed by atoms with van der Waals surface area (Å²) in [4.78, 5) is 30.8. The Hall–Kier alpha value is -2.73. The molecule has 2 aromatic rings. The molecule has 2 amide bonds. The first-order valence-corrected chi connectivity index (χ1v) is 9.24. The molecule has 140 valence electrons. The molecule has 0 radical (unpaired) electrons. The van der Waals surface area contributed by atoms with Gasteiger partial charge in [0.25, 0.3) is 0 Å². The van der Waals surface area contributed by atoms with E-state index in [4.69, 9.17) is 0 Å². The molecule has 0 aliphatic carbocycles. The first kappa shape index (κ1) is 17.7. The highest BCUT2D eigenvalue weighted by molar-refractivity contribution is 6.06. The van der Waals surface area contributed by atoms with Gasteiger partial charge in [0, 0.05) is 38.3 Å². The van der Waals surface area contributed by atoms with Crippen molar-refractivity contribution in [2.75, 3.05) is 37.7 Å². The average Bonchev–Trinajstić information content (AvgIpc) is 2.98. The number of hydrogen-bond donors (Lipinski definition) is 0. The van der Waals surface area contributed by atoms with Crippen molar-refractivity contribution in [2.45, 2.75) is 12.3 Å². The van der Waals surface area contributed by atoms with Gasteiger partial charge in [-0.25, -0.2) is 4.39 Å². The zero-order chi connectivity index (χ0) is 18.8. The van der Waals surface area contributed by atoms with Gasteiger partial charge in [0.15, 0.2) is 0 Å². The van der Waals surface area contributed by atoms with Crippen LogP contribution in [-0.4, -0.2) is 54.5 Å². The lowest BCUT2D eigenvalue weighted by molar-refractivity contribution is -0.141. The van der Waals surface area contributed by atoms with Crippen LogP contribution in [0, 0.1) is 5.82 Å². The fourth-order valence-electron chi connectivity index (χ4n) is 3.78. The quantitative estimate of drug-likeness (QED) is 0.779. The Kier molecular flexibility index (Phi) is 4.90. The van der Waals surface area contributed by atoms with E-state index in [2.05, 4.69) is 9.80 Å². The van der Waals surface area contributed by atoms with Crippen LogP contribution in [0.4, 0.5) is 10.1 Å². The van der Waals surface area contributed by atoms with Crippen LogP contribution in [0.25, 0.3) is 0 Å². The SMILES string of the molecule is O=C1C[C@@H](c2ccccc2)C(=O)N1CN1CCN(c2ccc(F)cc2)CC1. The van der Waals surface area contributed by atoms with E-state index >= 15 is 0 Å². The van der Waals surface area contributed by atoms with Gasteiger partial charge in [-0.2, -0.15) is 0 Å². The summed E-state index contributed by atoms with van der Waals surface area (Å²) in [7, 11) is 0. The molecule has 0 spiro atoms. The summed E-state index contributed by atoms with van der Waals surface area (Å²) in [6.07, 6.45) is 0.248. The number of likely N-dealkylation sites (tertiary alicyclic amines) is 1. The summed E-state index contributed by atoms with van der Waals surface area (Å²) < 4.78 is 13.1. The van der Waals surface area contributed by atoms with Gasteiger partial charge >= 0.3 is 0 Å². The molecule has 2 aromatic carbocycles. The minimum absolute atomic E-state index is 0.102. The number of nitrogens with zero attached hydrogens (tertiary/aromatic N) is 3. The third-order valence-electron chi connectivity index (χ3n) is 5.35. The first-order chi connectivity index (χ1) is 13.1. The first-order valence-electron chi connectivity index (χ1n) is 9.24. The van der Waals surface area contributed by atoms with Crippen molar-refractivity contribution < 1.29 is 14.0 Å². The van der Waals surface area contributed by atoms with E-state index in [1.54, 1.807) is 12.1 Å². The number of amides is 2. The maximum atomic E-state index is 13.1. The van der Waals surface area contributed by atoms with Crippen LogP contribution in [0.15, 0.2) is 54.6 Å². The number of carbonyl (C=O) groups is 2. The van der Waals surface area contributed by atoms with Gasteiger partial charge in [0.05, 0.1) is 12.6 Å². The number of rotatable bonds is 4. The number of hydrogen-bond acceptors (Lipinski definition) is 4. The molecule has 2 aliphatic rings. The third-order valence-corrected chi connectivity index (χ3v) is 5.35. The van der Waals surface area contributed by atoms with Crippen molar-refractivity contribution in [3.05, 3.63) is 66.0 Å². The number of anilines is 1. The number of piperazine rings is 1. The van der Waals surface area contributed by atoms with Crippen LogP contribution in [0.5, 0.6) is 0 Å². The second kappa shape index (κ2) is 7.48. The van der Waals surface area contributed by atoms with Crippen LogP contribution in [0.3, 0.4) is 0 Å². The molecular formula is C21H22FN3O2. The summed E-state index contributed by atoms with van der Waals surface area (Å²) in [6.45, 7) is 3.42. The van der Waals surface area contributed by atoms with Crippen LogP contribution >= 0.6 is 0 Å². The predicted octanol–water partition coefficient (Wildman–Crippen LogP) is 2.45. The summed E-state index contributed by atoms with van der Waals surface area (Å²) >= 11 is 0. The summed E-state index contributed by atoms with van der Waals surface area (Å²) in [6, 6.07) is 16.0. The summed E-state index contributed by atoms with van der Waals surface area (Å²) in [5, 5.41) is 0. The standard InChI is InChI=1S/C21H22FN3O2/c22-17-6-8-18(9-7-17)24-12-10-23(11-13-24)15-25-20(26)14-19(21(25)27)16-4-2-1-3-5-16/h1-9,19H,10-15H2/t19-/m0/s1. The molecule has 2 saturated heterocycles. The van der Waals surface area contributed by atoms with Crippen molar-refractivity contribution in [3.8, 4) is 0 Å². The monoisotopic (exact) mass is 367 g/mol. The Balaban J connectivity index is 1.35. The summed E-state index contributed by atoms with van der Waals surface area (Å²) in [5.74, 6) is -0.808. The number of carbonyl (C=O) groups excluding carboxylic acids is 2. The summed E-state index contributed by atoms with van der Waals surface area (Å²) in [5.41, 5.74) is 1.90. The molecule has 5 nitrogen and oxygen atoms in total. The smallest absolute Gasteiger partial charge is 0.238 e. The van der Waals surface area contributed by atoms with Crippen LogP contribution in [-0.2, 0) is 9.59 Å². The molecule has 0 unspecified atom stereocenters. The molecule has 27 heavy (non-hydrogen) atoms. The number of halogens is 1. The lowest BCUT2D eigenvalue weighted by Crippen LogP contribution is -2.51. The minimum Gasteiger partial charge on any atom is -0.369 e. The molecule has 2 heterocycles. The Bertz CT molecular complexity index is 817. The van der Waals surface area contributed by atoms with E-state index in [1.165, 1.54) is 17.0 Å². The zero-order valence-corrected chi connectivity index (χ0v) is 15.1. The van der Waals surface area contributed by atoms with Crippen LogP contribution in [0.1, 0.15) is 17.9 Å². The van der Waals surface area contributed by atoms with Crippen molar-refractivity contribution >= 4 is 17.5 Å². The lowest BCUT2D eigenvalue weighted by atomic mass is 9.98. The van der Waals surface area contributed by atoms with Gasteiger partial charge in [-0.05, 0) is 29.8 Å². The van der Waals surface area contributed by atoms with E-state index in [0.29, 0.717) is 6.67 Å². The van der Waals surface area contributed by atoms with Gasteiger partial charge in [-0.15, -0.1) is 0 Å². The van der Waals surface area contributed by atoms with Crippen LogP contribution in [0.2, 0.25) is 0 Å². The van der Waals surface area contributed by atoms with Gasteiger partial charge in [0.2, 0.25) is 11.8 Å². The zero-order valence-electron chi connectivity index (χ0n) is 15.1. The van der Waals surface area contributed by atoms with Gasteiger partial charge in [0.1, 0.15) is 5.82 Å². The highest BCUT2D eigenvalue weighted by atomic mass is 19.1. The molecule has 0 N–H and O–H groups in total. The van der Waals surface area contributed by atoms with Crippen molar-refractivity contribution in [1.82, 2.24) is 9.80 Å². The van der Waals surface area contributed by atoms with Crippen molar-refractivity contribution in [1.29, 1.82) is 0 Å². The molecule has 2 aliphatic heterocycles. The Morgan fingerprint density at radius 2 is 1.56 bits per heavy atom. The van der Waals surface area contributed by atoms with Gasteiger partial charge < -0.3 is 4.90 Å². The fraction of sp³-hybridized carbons (Fsp3) is 0.333. The van der Waals surface area contributed by atoms with E-state index in [0.717, 1.165) is 37.4 Å². The molecule has 0 bridgehead atoms. The third kappa shape index (κ3) is 3.71. The molecule has 4 rings (SSSR count). The average molecular weight is 367 g/mol. The van der Waals surface area contributed by atoms with Crippen molar-refractivity contribution in [3.63, 3.8) is 0 Å². The number of imide groups is 1. The van der Waals surface area contributed by atoms with E-state index in [9.17, 15) is 14.0 Å². The van der Waals surface area contributed by atoms with Gasteiger partial charge in [-0.1, -0.05) is 30.3 Å². The maximum Gasteiger partial charge on any atom is 0.238 e. The highest BCUT2D eigenvalue weighted by Gasteiger charge is 2.40. The lowest BCUT2D eigenvalue weighted by Gasteiger charge is -2.37. The second-order valence-electron chi connectivity index (χ2n) is 7.05. The topological polar surface area (TPSA) is 43.9 Å². The van der Waals surface area contributed by atoms with Crippen LogP contribution < -0.4 is 4.90 Å². The Morgan fingerprint density at radius 1 is 0.889 bits per heavy atom. The molecule has 0 aromatic heterocycles. The van der Waals surface area contributed by atoms with Gasteiger partial charge in [-0.3, -0.25) is 19.4 Å². The highest BCUT2D eigenvalue weighted by Crippen LogP contribution is 2.29. The number of benzene rings is 2. The van der Waals surface area contributed by atoms with E-state index in [-0.39, 0.29) is 30.0 Å². The van der Waals surface area contributed by atoms with E-state index in [1.807, 2.05) is 30.3 Å². The second-order valence-corrected chi connectivity index (χ2v) is 7.05. The fourth-order valence-corrected chi connectivity index (χ4v) is 3.78. The maximum absolute atomic E-state index is 13.1. The molecule has 1 atom stereocenters. The Labute approximate surface area is 158 Å². The van der Waals surface area contributed by atoms with E-state index < -0.39 is 0 Å². The molecular weight excluding hydrogens is 345 g/mol. The Morgan fingerprint density at radius 3 is 2.22 bits per heavy atom. The minimum atomic E-state index is -0.362. The predicted molar refractivity (Wildman–Crippen MR) is 101 cm³/mol. The molecule has 0 saturated carbocycles.